The van der Waals surface area contributed by atoms with Gasteiger partial charge in [0.05, 0.1) is 0 Å². The molecule has 0 spiro atoms. The maximum absolute atomic E-state index is 12.2. The number of hydrogen-bond donors (Lipinski definition) is 2. The van der Waals surface area contributed by atoms with Crippen molar-refractivity contribution in [2.24, 2.45) is 0 Å². The number of rotatable bonds is 5. The maximum Gasteiger partial charge on any atom is 0.352 e. The van der Waals surface area contributed by atoms with Crippen molar-refractivity contribution in [3.05, 3.63) is 36.3 Å². The van der Waals surface area contributed by atoms with Gasteiger partial charge in [0.15, 0.2) is 5.82 Å². The molecule has 2 N–H and O–H groups in total. The number of carbonyl (C=O) groups is 1. The standard InChI is InChI=1S/C12H12N4O4S/c17-12(18)10-6-9(7-16(10)8-3-4-8)21(19,20)15-11-2-1-5-13-14-11/h1-2,5-8H,3-4H2,(H,14,15)(H,17,18). The first-order valence-corrected chi connectivity index (χ1v) is 7.71. The highest BCUT2D eigenvalue weighted by Crippen LogP contribution is 2.37. The number of sulfonamides is 1. The van der Waals surface area contributed by atoms with Crippen molar-refractivity contribution >= 4 is 21.8 Å². The highest BCUT2D eigenvalue weighted by Gasteiger charge is 2.30. The number of carboxylic acids is 1. The number of hydrogen-bond acceptors (Lipinski definition) is 5. The average molecular weight is 308 g/mol. The van der Waals surface area contributed by atoms with E-state index in [1.54, 1.807) is 6.07 Å². The second-order valence-electron chi connectivity index (χ2n) is 4.72. The Kier molecular flexibility index (Phi) is 3.13. The van der Waals surface area contributed by atoms with Crippen LogP contribution in [0.25, 0.3) is 0 Å². The lowest BCUT2D eigenvalue weighted by Crippen LogP contribution is -2.13. The van der Waals surface area contributed by atoms with Crippen LogP contribution in [0.1, 0.15) is 29.4 Å². The Labute approximate surface area is 120 Å². The van der Waals surface area contributed by atoms with Crippen molar-refractivity contribution in [1.29, 1.82) is 0 Å². The summed E-state index contributed by atoms with van der Waals surface area (Å²) in [4.78, 5) is 11.1. The fourth-order valence-corrected chi connectivity index (χ4v) is 3.00. The smallest absolute Gasteiger partial charge is 0.352 e. The first-order valence-electron chi connectivity index (χ1n) is 6.23. The molecule has 1 saturated carbocycles. The first-order chi connectivity index (χ1) is 9.97. The number of nitrogens with one attached hydrogen (secondary N) is 1. The van der Waals surface area contributed by atoms with Crippen molar-refractivity contribution in [3.63, 3.8) is 0 Å². The van der Waals surface area contributed by atoms with Crippen LogP contribution in [0.3, 0.4) is 0 Å². The van der Waals surface area contributed by atoms with Gasteiger partial charge in [-0.05, 0) is 31.0 Å². The minimum atomic E-state index is -3.89. The van der Waals surface area contributed by atoms with E-state index in [1.807, 2.05) is 0 Å². The van der Waals surface area contributed by atoms with Crippen LogP contribution in [-0.4, -0.2) is 34.3 Å². The normalized spacial score (nSPS) is 14.9. The van der Waals surface area contributed by atoms with Gasteiger partial charge < -0.3 is 9.67 Å². The predicted octanol–water partition coefficient (Wildman–Crippen LogP) is 1.11. The third-order valence-corrected chi connectivity index (χ3v) is 4.43. The molecular formula is C12H12N4O4S. The lowest BCUT2D eigenvalue weighted by Gasteiger charge is -2.04. The molecular weight excluding hydrogens is 296 g/mol. The van der Waals surface area contributed by atoms with Gasteiger partial charge in [-0.25, -0.2) is 13.2 Å². The molecule has 0 bridgehead atoms. The van der Waals surface area contributed by atoms with E-state index in [9.17, 15) is 13.2 Å². The largest absolute Gasteiger partial charge is 0.477 e. The number of carboxylic acid groups (broad SMARTS) is 1. The fraction of sp³-hybridized carbons (Fsp3) is 0.250. The predicted molar refractivity (Wildman–Crippen MR) is 72.5 cm³/mol. The fourth-order valence-electron chi connectivity index (χ4n) is 1.98. The summed E-state index contributed by atoms with van der Waals surface area (Å²) in [6.07, 6.45) is 4.47. The minimum absolute atomic E-state index is 0.0305. The van der Waals surface area contributed by atoms with Crippen LogP contribution in [0.2, 0.25) is 0 Å². The molecule has 8 nitrogen and oxygen atoms in total. The highest BCUT2D eigenvalue weighted by molar-refractivity contribution is 7.92. The van der Waals surface area contributed by atoms with Crippen molar-refractivity contribution < 1.29 is 18.3 Å². The molecule has 9 heteroatoms. The van der Waals surface area contributed by atoms with Gasteiger partial charge in [0.2, 0.25) is 0 Å². The Hall–Kier alpha value is -2.42. The number of aromatic nitrogens is 3. The molecule has 2 aromatic heterocycles. The maximum atomic E-state index is 12.2. The molecule has 0 unspecified atom stereocenters. The molecule has 0 radical (unpaired) electrons. The summed E-state index contributed by atoms with van der Waals surface area (Å²) in [5.74, 6) is -1.07. The SMILES string of the molecule is O=C(O)c1cc(S(=O)(=O)Nc2cccnn2)cn1C1CC1. The van der Waals surface area contributed by atoms with E-state index in [2.05, 4.69) is 14.9 Å². The van der Waals surface area contributed by atoms with Crippen molar-refractivity contribution in [1.82, 2.24) is 14.8 Å². The molecule has 3 rings (SSSR count). The molecule has 1 fully saturated rings. The van der Waals surface area contributed by atoms with Crippen molar-refractivity contribution in [2.75, 3.05) is 4.72 Å². The van der Waals surface area contributed by atoms with E-state index >= 15 is 0 Å². The third kappa shape index (κ3) is 2.72. The first kappa shape index (κ1) is 13.6. The second kappa shape index (κ2) is 4.85. The number of aromatic carboxylic acids is 1. The third-order valence-electron chi connectivity index (χ3n) is 3.10. The van der Waals surface area contributed by atoms with Gasteiger partial charge in [-0.1, -0.05) is 0 Å². The zero-order chi connectivity index (χ0) is 15.0. The topological polar surface area (TPSA) is 114 Å². The summed E-state index contributed by atoms with van der Waals surface area (Å²) in [6.45, 7) is 0. The molecule has 21 heavy (non-hydrogen) atoms. The Morgan fingerprint density at radius 1 is 1.43 bits per heavy atom. The Bertz CT molecular complexity index is 781. The van der Waals surface area contributed by atoms with Crippen LogP contribution < -0.4 is 4.72 Å². The van der Waals surface area contributed by atoms with Crippen molar-refractivity contribution in [2.45, 2.75) is 23.8 Å². The van der Waals surface area contributed by atoms with Crippen LogP contribution in [0.5, 0.6) is 0 Å². The monoisotopic (exact) mass is 308 g/mol. The van der Waals surface area contributed by atoms with Gasteiger partial charge >= 0.3 is 5.97 Å². The van der Waals surface area contributed by atoms with Crippen LogP contribution in [-0.2, 0) is 10.0 Å². The quantitative estimate of drug-likeness (QED) is 0.855. The molecule has 0 amide bonds. The van der Waals surface area contributed by atoms with E-state index < -0.39 is 16.0 Å². The Morgan fingerprint density at radius 3 is 2.76 bits per heavy atom. The molecule has 1 aliphatic carbocycles. The summed E-state index contributed by atoms with van der Waals surface area (Å²) < 4.78 is 28.3. The molecule has 0 aromatic carbocycles. The highest BCUT2D eigenvalue weighted by atomic mass is 32.2. The lowest BCUT2D eigenvalue weighted by molar-refractivity contribution is 0.0685. The van der Waals surface area contributed by atoms with E-state index in [4.69, 9.17) is 5.11 Å². The summed E-state index contributed by atoms with van der Waals surface area (Å²) in [5, 5.41) is 16.4. The number of anilines is 1. The van der Waals surface area contributed by atoms with Gasteiger partial charge in [-0.3, -0.25) is 4.72 Å². The van der Waals surface area contributed by atoms with Gasteiger partial charge in [-0.15, -0.1) is 5.10 Å². The molecule has 0 aliphatic heterocycles. The van der Waals surface area contributed by atoms with Gasteiger partial charge in [0, 0.05) is 18.4 Å². The zero-order valence-electron chi connectivity index (χ0n) is 10.8. The minimum Gasteiger partial charge on any atom is -0.477 e. The molecule has 1 aliphatic rings. The Balaban J connectivity index is 1.95. The average Bonchev–Trinajstić information content (AvgIpc) is 3.17. The van der Waals surface area contributed by atoms with Crippen LogP contribution in [0, 0.1) is 0 Å². The molecule has 110 valence electrons. The van der Waals surface area contributed by atoms with Crippen LogP contribution >= 0.6 is 0 Å². The zero-order valence-corrected chi connectivity index (χ0v) is 11.6. The number of nitrogens with zero attached hydrogens (tertiary/aromatic N) is 3. The second-order valence-corrected chi connectivity index (χ2v) is 6.40. The molecule has 2 heterocycles. The summed E-state index contributed by atoms with van der Waals surface area (Å²) in [7, 11) is -3.89. The van der Waals surface area contributed by atoms with E-state index in [0.717, 1.165) is 18.9 Å². The lowest BCUT2D eigenvalue weighted by atomic mass is 10.4. The Morgan fingerprint density at radius 2 is 2.19 bits per heavy atom. The molecule has 0 atom stereocenters. The van der Waals surface area contributed by atoms with E-state index in [-0.39, 0.29) is 22.4 Å². The summed E-state index contributed by atoms with van der Waals surface area (Å²) >= 11 is 0. The van der Waals surface area contributed by atoms with Gasteiger partial charge in [0.1, 0.15) is 10.6 Å². The van der Waals surface area contributed by atoms with E-state index in [0.29, 0.717) is 0 Å². The molecule has 2 aromatic rings. The van der Waals surface area contributed by atoms with Gasteiger partial charge in [-0.2, -0.15) is 5.10 Å². The van der Waals surface area contributed by atoms with Crippen LogP contribution in [0.15, 0.2) is 35.5 Å². The molecule has 0 saturated heterocycles. The van der Waals surface area contributed by atoms with E-state index in [1.165, 1.54) is 23.0 Å². The summed E-state index contributed by atoms with van der Waals surface area (Å²) in [5.41, 5.74) is -0.0305. The van der Waals surface area contributed by atoms with Gasteiger partial charge in [0.25, 0.3) is 10.0 Å². The van der Waals surface area contributed by atoms with Crippen molar-refractivity contribution in [3.8, 4) is 0 Å². The van der Waals surface area contributed by atoms with Crippen LogP contribution in [0.4, 0.5) is 5.82 Å². The summed E-state index contributed by atoms with van der Waals surface area (Å²) in [6, 6.07) is 4.22.